The monoisotopic (exact) mass is 219 g/mol. The predicted molar refractivity (Wildman–Crippen MR) is 55.3 cm³/mol. The lowest BCUT2D eigenvalue weighted by molar-refractivity contribution is 0.938. The third-order valence-electron chi connectivity index (χ3n) is 1.33. The fraction of sp³-hybridized carbons (Fsp3) is 0.429. The van der Waals surface area contributed by atoms with E-state index in [9.17, 15) is 4.79 Å². The Labute approximate surface area is 84.9 Å². The highest BCUT2D eigenvalue weighted by atomic mass is 35.5. The van der Waals surface area contributed by atoms with E-state index in [1.165, 1.54) is 11.8 Å². The summed E-state index contributed by atoms with van der Waals surface area (Å²) in [6.45, 7) is 2.05. The second-order valence-electron chi connectivity index (χ2n) is 2.42. The van der Waals surface area contributed by atoms with E-state index in [4.69, 9.17) is 17.3 Å². The minimum atomic E-state index is -0.376. The molecule has 0 spiro atoms. The molecule has 0 atom stereocenters. The van der Waals surface area contributed by atoms with Crippen LogP contribution in [0.3, 0.4) is 0 Å². The lowest BCUT2D eigenvalue weighted by atomic mass is 10.5. The van der Waals surface area contributed by atoms with Gasteiger partial charge in [-0.05, 0) is 6.42 Å². The van der Waals surface area contributed by atoms with Crippen LogP contribution in [0.15, 0.2) is 9.95 Å². The Kier molecular flexibility index (Phi) is 3.62. The first kappa shape index (κ1) is 10.4. The molecule has 3 N–H and O–H groups in total. The molecule has 4 nitrogen and oxygen atoms in total. The summed E-state index contributed by atoms with van der Waals surface area (Å²) in [5.41, 5.74) is 4.93. The van der Waals surface area contributed by atoms with Crippen molar-refractivity contribution < 1.29 is 0 Å². The molecule has 0 bridgehead atoms. The van der Waals surface area contributed by atoms with Gasteiger partial charge >= 0.3 is 0 Å². The third kappa shape index (κ3) is 2.63. The molecule has 6 heteroatoms. The molecule has 1 rings (SSSR count). The van der Waals surface area contributed by atoms with Crippen molar-refractivity contribution in [3.63, 3.8) is 0 Å². The zero-order valence-corrected chi connectivity index (χ0v) is 8.71. The van der Waals surface area contributed by atoms with Crippen molar-refractivity contribution >= 4 is 29.1 Å². The van der Waals surface area contributed by atoms with Crippen molar-refractivity contribution in [3.05, 3.63) is 15.5 Å². The van der Waals surface area contributed by atoms with Crippen LogP contribution in [0.4, 0.5) is 5.69 Å². The average molecular weight is 220 g/mol. The SMILES string of the molecule is CCCSc1nc(Cl)c(N)c(=O)[nH]1. The molecule has 0 saturated heterocycles. The van der Waals surface area contributed by atoms with Gasteiger partial charge < -0.3 is 5.73 Å². The zero-order chi connectivity index (χ0) is 9.84. The number of nitrogens with two attached hydrogens (primary N) is 1. The third-order valence-corrected chi connectivity index (χ3v) is 2.70. The summed E-state index contributed by atoms with van der Waals surface area (Å²) in [4.78, 5) is 17.6. The Morgan fingerprint density at radius 1 is 1.69 bits per heavy atom. The molecule has 0 aromatic carbocycles. The summed E-state index contributed by atoms with van der Waals surface area (Å²) >= 11 is 7.08. The van der Waals surface area contributed by atoms with E-state index in [1.54, 1.807) is 0 Å². The molecule has 0 radical (unpaired) electrons. The lowest BCUT2D eigenvalue weighted by Gasteiger charge is -2.00. The Balaban J connectivity index is 2.93. The molecule has 0 saturated carbocycles. The van der Waals surface area contributed by atoms with Crippen LogP contribution < -0.4 is 11.3 Å². The Morgan fingerprint density at radius 3 is 2.92 bits per heavy atom. The maximum absolute atomic E-state index is 11.1. The van der Waals surface area contributed by atoms with Crippen LogP contribution >= 0.6 is 23.4 Å². The maximum Gasteiger partial charge on any atom is 0.276 e. The molecule has 0 aliphatic rings. The molecule has 0 amide bonds. The second-order valence-corrected chi connectivity index (χ2v) is 3.87. The molecule has 1 aromatic heterocycles. The van der Waals surface area contributed by atoms with E-state index >= 15 is 0 Å². The maximum atomic E-state index is 11.1. The number of hydrogen-bond donors (Lipinski definition) is 2. The van der Waals surface area contributed by atoms with Crippen molar-refractivity contribution in [1.29, 1.82) is 0 Å². The highest BCUT2D eigenvalue weighted by Crippen LogP contribution is 2.16. The summed E-state index contributed by atoms with van der Waals surface area (Å²) in [6.07, 6.45) is 1.01. The van der Waals surface area contributed by atoms with Crippen LogP contribution in [0, 0.1) is 0 Å². The van der Waals surface area contributed by atoms with Crippen LogP contribution in [0.25, 0.3) is 0 Å². The Morgan fingerprint density at radius 2 is 2.38 bits per heavy atom. The van der Waals surface area contributed by atoms with E-state index in [1.807, 2.05) is 6.92 Å². The van der Waals surface area contributed by atoms with E-state index in [-0.39, 0.29) is 16.4 Å². The number of thioether (sulfide) groups is 1. The van der Waals surface area contributed by atoms with Crippen LogP contribution in [0.1, 0.15) is 13.3 Å². The van der Waals surface area contributed by atoms with Gasteiger partial charge in [0.05, 0.1) is 0 Å². The number of aromatic nitrogens is 2. The predicted octanol–water partition coefficient (Wildman–Crippen LogP) is 1.51. The van der Waals surface area contributed by atoms with E-state index < -0.39 is 0 Å². The van der Waals surface area contributed by atoms with Crippen LogP contribution in [0.5, 0.6) is 0 Å². The van der Waals surface area contributed by atoms with Gasteiger partial charge in [0.15, 0.2) is 10.3 Å². The summed E-state index contributed by atoms with van der Waals surface area (Å²) in [7, 11) is 0. The molecule has 72 valence electrons. The van der Waals surface area contributed by atoms with Gasteiger partial charge in [-0.1, -0.05) is 30.3 Å². The number of nitrogens with one attached hydrogen (secondary N) is 1. The molecular formula is C7H10ClN3OS. The zero-order valence-electron chi connectivity index (χ0n) is 7.13. The second kappa shape index (κ2) is 4.53. The van der Waals surface area contributed by atoms with Crippen molar-refractivity contribution in [2.75, 3.05) is 11.5 Å². The minimum Gasteiger partial charge on any atom is -0.392 e. The molecular weight excluding hydrogens is 210 g/mol. The largest absolute Gasteiger partial charge is 0.392 e. The van der Waals surface area contributed by atoms with E-state index in [0.717, 1.165) is 12.2 Å². The molecule has 0 unspecified atom stereocenters. The fourth-order valence-corrected chi connectivity index (χ4v) is 1.64. The van der Waals surface area contributed by atoms with Crippen LogP contribution in [-0.2, 0) is 0 Å². The normalized spacial score (nSPS) is 10.3. The van der Waals surface area contributed by atoms with E-state index in [0.29, 0.717) is 5.16 Å². The number of aromatic amines is 1. The van der Waals surface area contributed by atoms with Crippen LogP contribution in [-0.4, -0.2) is 15.7 Å². The van der Waals surface area contributed by atoms with Gasteiger partial charge in [0.25, 0.3) is 5.56 Å². The first-order chi connectivity index (χ1) is 6.15. The van der Waals surface area contributed by atoms with Gasteiger partial charge in [0.2, 0.25) is 0 Å². The van der Waals surface area contributed by atoms with Gasteiger partial charge in [0.1, 0.15) is 5.69 Å². The number of nitrogens with zero attached hydrogens (tertiary/aromatic N) is 1. The van der Waals surface area contributed by atoms with Gasteiger partial charge in [-0.3, -0.25) is 9.78 Å². The van der Waals surface area contributed by atoms with Gasteiger partial charge in [-0.15, -0.1) is 0 Å². The quantitative estimate of drug-likeness (QED) is 0.459. The van der Waals surface area contributed by atoms with Gasteiger partial charge in [0, 0.05) is 5.75 Å². The van der Waals surface area contributed by atoms with Crippen molar-refractivity contribution in [2.45, 2.75) is 18.5 Å². The summed E-state index contributed by atoms with van der Waals surface area (Å²) < 4.78 is 0. The Bertz CT molecular complexity index is 352. The van der Waals surface area contributed by atoms with Crippen molar-refractivity contribution in [2.24, 2.45) is 0 Å². The number of nitrogen functional groups attached to an aromatic ring is 1. The first-order valence-electron chi connectivity index (χ1n) is 3.83. The summed E-state index contributed by atoms with van der Waals surface area (Å²) in [5, 5.41) is 0.591. The minimum absolute atomic E-state index is 0.0254. The molecule has 1 heterocycles. The molecule has 0 aliphatic heterocycles. The number of H-pyrrole nitrogens is 1. The van der Waals surface area contributed by atoms with Crippen molar-refractivity contribution in [3.8, 4) is 0 Å². The standard InChI is InChI=1S/C7H10ClN3OS/c1-2-3-13-7-10-5(8)4(9)6(12)11-7/h2-3,9H2,1H3,(H,10,11,12). The molecule has 0 aliphatic carbocycles. The van der Waals surface area contributed by atoms with Crippen LogP contribution in [0.2, 0.25) is 5.15 Å². The fourth-order valence-electron chi connectivity index (χ4n) is 0.703. The number of hydrogen-bond acceptors (Lipinski definition) is 4. The number of rotatable bonds is 3. The highest BCUT2D eigenvalue weighted by molar-refractivity contribution is 7.99. The number of anilines is 1. The average Bonchev–Trinajstić information content (AvgIpc) is 2.10. The molecule has 0 fully saturated rings. The number of halogens is 1. The molecule has 13 heavy (non-hydrogen) atoms. The smallest absolute Gasteiger partial charge is 0.276 e. The molecule has 1 aromatic rings. The lowest BCUT2D eigenvalue weighted by Crippen LogP contribution is -2.14. The topological polar surface area (TPSA) is 71.8 Å². The van der Waals surface area contributed by atoms with Crippen molar-refractivity contribution in [1.82, 2.24) is 9.97 Å². The van der Waals surface area contributed by atoms with Gasteiger partial charge in [-0.2, -0.15) is 0 Å². The Hall–Kier alpha value is -0.680. The van der Waals surface area contributed by atoms with E-state index in [2.05, 4.69) is 9.97 Å². The summed E-state index contributed by atoms with van der Waals surface area (Å²) in [5.74, 6) is 0.892. The summed E-state index contributed by atoms with van der Waals surface area (Å²) in [6, 6.07) is 0. The first-order valence-corrected chi connectivity index (χ1v) is 5.19. The van der Waals surface area contributed by atoms with Gasteiger partial charge in [-0.25, -0.2) is 4.98 Å². The highest BCUT2D eigenvalue weighted by Gasteiger charge is 2.05.